The van der Waals surface area contributed by atoms with Crippen molar-refractivity contribution < 1.29 is 9.63 Å². The summed E-state index contributed by atoms with van der Waals surface area (Å²) in [5, 5.41) is 13.9. The lowest BCUT2D eigenvalue weighted by molar-refractivity contribution is 0.0924. The highest BCUT2D eigenvalue weighted by molar-refractivity contribution is 5.15. The standard InChI is InChI=1S/C17H22N2O2/c1-13-9-16(18-21-13)11-19(17(12-20)15-7-8-15)10-14-5-3-2-4-6-14/h2-6,9,15,17,20H,7-8,10-12H2,1H3/t17-/m1/s1. The number of hydrogen-bond acceptors (Lipinski definition) is 4. The highest BCUT2D eigenvalue weighted by Gasteiger charge is 2.35. The Hall–Kier alpha value is -1.65. The van der Waals surface area contributed by atoms with Crippen LogP contribution in [0.4, 0.5) is 0 Å². The lowest BCUT2D eigenvalue weighted by Gasteiger charge is -2.30. The lowest BCUT2D eigenvalue weighted by Crippen LogP contribution is -2.38. The SMILES string of the molecule is Cc1cc(CN(Cc2ccccc2)[C@H](CO)C2CC2)no1. The third kappa shape index (κ3) is 3.71. The summed E-state index contributed by atoms with van der Waals surface area (Å²) in [5.74, 6) is 1.45. The van der Waals surface area contributed by atoms with Crippen molar-refractivity contribution in [3.05, 3.63) is 53.4 Å². The molecule has 0 saturated heterocycles. The van der Waals surface area contributed by atoms with Crippen molar-refractivity contribution in [2.75, 3.05) is 6.61 Å². The molecule has 1 aromatic heterocycles. The second-order valence-corrected chi connectivity index (χ2v) is 5.91. The maximum Gasteiger partial charge on any atom is 0.133 e. The Morgan fingerprint density at radius 1 is 1.29 bits per heavy atom. The van der Waals surface area contributed by atoms with Crippen LogP contribution in [0, 0.1) is 12.8 Å². The van der Waals surface area contributed by atoms with Gasteiger partial charge in [-0.3, -0.25) is 4.90 Å². The maximum atomic E-state index is 9.78. The molecule has 4 heteroatoms. The zero-order chi connectivity index (χ0) is 14.7. The Morgan fingerprint density at radius 2 is 2.05 bits per heavy atom. The van der Waals surface area contributed by atoms with Crippen LogP contribution < -0.4 is 0 Å². The first kappa shape index (κ1) is 14.3. The molecule has 1 N–H and O–H groups in total. The van der Waals surface area contributed by atoms with Gasteiger partial charge in [0.2, 0.25) is 0 Å². The quantitative estimate of drug-likeness (QED) is 0.850. The molecule has 1 fully saturated rings. The van der Waals surface area contributed by atoms with Gasteiger partial charge in [-0.2, -0.15) is 0 Å². The fraction of sp³-hybridized carbons (Fsp3) is 0.471. The van der Waals surface area contributed by atoms with E-state index in [1.807, 2.05) is 19.1 Å². The summed E-state index contributed by atoms with van der Waals surface area (Å²) >= 11 is 0. The lowest BCUT2D eigenvalue weighted by atomic mass is 10.1. The van der Waals surface area contributed by atoms with E-state index >= 15 is 0 Å². The van der Waals surface area contributed by atoms with E-state index in [9.17, 15) is 5.11 Å². The third-order valence-corrected chi connectivity index (χ3v) is 4.09. The molecule has 4 nitrogen and oxygen atoms in total. The predicted molar refractivity (Wildman–Crippen MR) is 80.5 cm³/mol. The molecular weight excluding hydrogens is 264 g/mol. The van der Waals surface area contributed by atoms with E-state index in [1.165, 1.54) is 18.4 Å². The molecule has 3 rings (SSSR count). The average Bonchev–Trinajstić information content (AvgIpc) is 3.24. The summed E-state index contributed by atoms with van der Waals surface area (Å²) in [4.78, 5) is 2.32. The van der Waals surface area contributed by atoms with Crippen LogP contribution in [0.25, 0.3) is 0 Å². The van der Waals surface area contributed by atoms with Crippen LogP contribution in [0.5, 0.6) is 0 Å². The third-order valence-electron chi connectivity index (χ3n) is 4.09. The van der Waals surface area contributed by atoms with Gasteiger partial charge in [-0.1, -0.05) is 35.5 Å². The summed E-state index contributed by atoms with van der Waals surface area (Å²) in [6, 6.07) is 12.6. The Labute approximate surface area is 125 Å². The molecule has 2 aromatic rings. The first-order chi connectivity index (χ1) is 10.3. The molecule has 112 valence electrons. The van der Waals surface area contributed by atoms with E-state index in [0.717, 1.165) is 18.0 Å². The largest absolute Gasteiger partial charge is 0.395 e. The number of benzene rings is 1. The molecule has 1 aromatic carbocycles. The predicted octanol–water partition coefficient (Wildman–Crippen LogP) is 2.76. The van der Waals surface area contributed by atoms with E-state index in [4.69, 9.17) is 4.52 Å². The molecule has 0 amide bonds. The molecule has 1 atom stereocenters. The normalized spacial score (nSPS) is 16.3. The van der Waals surface area contributed by atoms with Gasteiger partial charge in [0.1, 0.15) is 5.76 Å². The van der Waals surface area contributed by atoms with Crippen LogP contribution >= 0.6 is 0 Å². The molecule has 0 spiro atoms. The number of aryl methyl sites for hydroxylation is 1. The topological polar surface area (TPSA) is 49.5 Å². The first-order valence-corrected chi connectivity index (χ1v) is 7.57. The summed E-state index contributed by atoms with van der Waals surface area (Å²) in [6.07, 6.45) is 2.43. The number of nitrogens with zero attached hydrogens (tertiary/aromatic N) is 2. The average molecular weight is 286 g/mol. The summed E-state index contributed by atoms with van der Waals surface area (Å²) in [6.45, 7) is 3.65. The first-order valence-electron chi connectivity index (χ1n) is 7.57. The van der Waals surface area contributed by atoms with Crippen LogP contribution in [0.3, 0.4) is 0 Å². The van der Waals surface area contributed by atoms with Crippen molar-refractivity contribution >= 4 is 0 Å². The maximum absolute atomic E-state index is 9.78. The summed E-state index contributed by atoms with van der Waals surface area (Å²) < 4.78 is 5.17. The Balaban J connectivity index is 1.76. The van der Waals surface area contributed by atoms with E-state index in [0.29, 0.717) is 12.5 Å². The molecule has 0 aliphatic heterocycles. The molecule has 0 unspecified atom stereocenters. The Morgan fingerprint density at radius 3 is 2.62 bits per heavy atom. The van der Waals surface area contributed by atoms with Crippen molar-refractivity contribution in [3.63, 3.8) is 0 Å². The minimum atomic E-state index is 0.203. The molecule has 21 heavy (non-hydrogen) atoms. The second kappa shape index (κ2) is 6.41. The minimum Gasteiger partial charge on any atom is -0.395 e. The highest BCUT2D eigenvalue weighted by atomic mass is 16.5. The van der Waals surface area contributed by atoms with Crippen molar-refractivity contribution in [2.45, 2.75) is 38.9 Å². The van der Waals surface area contributed by atoms with Gasteiger partial charge in [0.25, 0.3) is 0 Å². The van der Waals surface area contributed by atoms with Crippen molar-refractivity contribution in [3.8, 4) is 0 Å². The van der Waals surface area contributed by atoms with E-state index in [-0.39, 0.29) is 12.6 Å². The zero-order valence-electron chi connectivity index (χ0n) is 12.4. The Kier molecular flexibility index (Phi) is 4.36. The van der Waals surface area contributed by atoms with Crippen molar-refractivity contribution in [1.29, 1.82) is 0 Å². The van der Waals surface area contributed by atoms with Crippen LogP contribution in [0.1, 0.15) is 29.9 Å². The van der Waals surface area contributed by atoms with E-state index < -0.39 is 0 Å². The summed E-state index contributed by atoms with van der Waals surface area (Å²) in [5.41, 5.74) is 2.19. The van der Waals surface area contributed by atoms with E-state index in [1.54, 1.807) is 0 Å². The Bertz CT molecular complexity index is 563. The van der Waals surface area contributed by atoms with Gasteiger partial charge in [-0.15, -0.1) is 0 Å². The molecule has 0 radical (unpaired) electrons. The number of rotatable bonds is 7. The molecule has 1 aliphatic rings. The van der Waals surface area contributed by atoms with Crippen LogP contribution in [0.15, 0.2) is 40.9 Å². The van der Waals surface area contributed by atoms with Gasteiger partial charge in [0, 0.05) is 25.2 Å². The molecule has 0 bridgehead atoms. The number of hydrogen-bond donors (Lipinski definition) is 1. The second-order valence-electron chi connectivity index (χ2n) is 5.91. The van der Waals surface area contributed by atoms with Crippen molar-refractivity contribution in [2.24, 2.45) is 5.92 Å². The van der Waals surface area contributed by atoms with E-state index in [2.05, 4.69) is 34.3 Å². The summed E-state index contributed by atoms with van der Waals surface area (Å²) in [7, 11) is 0. The number of aliphatic hydroxyl groups excluding tert-OH is 1. The molecule has 1 aliphatic carbocycles. The number of aliphatic hydroxyl groups is 1. The fourth-order valence-electron chi connectivity index (χ4n) is 2.85. The fourth-order valence-corrected chi connectivity index (χ4v) is 2.85. The zero-order valence-corrected chi connectivity index (χ0v) is 12.4. The molecular formula is C17H22N2O2. The van der Waals surface area contributed by atoms with Gasteiger partial charge < -0.3 is 9.63 Å². The smallest absolute Gasteiger partial charge is 0.133 e. The highest BCUT2D eigenvalue weighted by Crippen LogP contribution is 2.36. The minimum absolute atomic E-state index is 0.203. The van der Waals surface area contributed by atoms with Crippen LogP contribution in [0.2, 0.25) is 0 Å². The molecule has 1 saturated carbocycles. The molecule has 1 heterocycles. The van der Waals surface area contributed by atoms with Crippen LogP contribution in [-0.4, -0.2) is 27.8 Å². The van der Waals surface area contributed by atoms with Gasteiger partial charge in [0.15, 0.2) is 0 Å². The number of aromatic nitrogens is 1. The van der Waals surface area contributed by atoms with Gasteiger partial charge >= 0.3 is 0 Å². The monoisotopic (exact) mass is 286 g/mol. The van der Waals surface area contributed by atoms with Crippen molar-refractivity contribution in [1.82, 2.24) is 10.1 Å². The van der Waals surface area contributed by atoms with Crippen LogP contribution in [-0.2, 0) is 13.1 Å². The van der Waals surface area contributed by atoms with Gasteiger partial charge in [-0.05, 0) is 31.2 Å². The van der Waals surface area contributed by atoms with Gasteiger partial charge in [-0.25, -0.2) is 0 Å². The van der Waals surface area contributed by atoms with Gasteiger partial charge in [0.05, 0.1) is 12.3 Å².